The number of hydrogen-bond donors (Lipinski definition) is 1. The summed E-state index contributed by atoms with van der Waals surface area (Å²) < 4.78 is 11.5. The Hall–Kier alpha value is -2.40. The van der Waals surface area contributed by atoms with E-state index < -0.39 is 0 Å². The molecule has 3 rings (SSSR count). The van der Waals surface area contributed by atoms with Gasteiger partial charge in [-0.1, -0.05) is 38.0 Å². The van der Waals surface area contributed by atoms with Gasteiger partial charge in [-0.3, -0.25) is 4.79 Å². The fourth-order valence-electron chi connectivity index (χ4n) is 3.55. The van der Waals surface area contributed by atoms with Gasteiger partial charge in [0.25, 0.3) is 5.91 Å². The van der Waals surface area contributed by atoms with Crippen molar-refractivity contribution in [2.75, 3.05) is 32.5 Å². The number of nitrogen functional groups attached to an aromatic ring is 1. The highest BCUT2D eigenvalue weighted by atomic mass is 35.5. The van der Waals surface area contributed by atoms with Crippen LogP contribution in [0.5, 0.6) is 11.5 Å². The number of amides is 1. The van der Waals surface area contributed by atoms with Gasteiger partial charge >= 0.3 is 0 Å². The zero-order valence-electron chi connectivity index (χ0n) is 17.3. The second-order valence-corrected chi connectivity index (χ2v) is 7.22. The predicted molar refractivity (Wildman–Crippen MR) is 119 cm³/mol. The van der Waals surface area contributed by atoms with Gasteiger partial charge in [-0.25, -0.2) is 0 Å². The van der Waals surface area contributed by atoms with E-state index in [2.05, 4.69) is 6.92 Å². The molecule has 0 saturated carbocycles. The Bertz CT molecular complexity index is 809. The van der Waals surface area contributed by atoms with Gasteiger partial charge in [-0.2, -0.15) is 0 Å². The largest absolute Gasteiger partial charge is 0.493 e. The summed E-state index contributed by atoms with van der Waals surface area (Å²) in [6.45, 7) is 4.16. The van der Waals surface area contributed by atoms with Crippen LogP contribution in [0.15, 0.2) is 36.4 Å². The molecular formula is C23H31ClN2O3. The number of fused-ring (bicyclic) bond motifs is 1. The fourth-order valence-corrected chi connectivity index (χ4v) is 3.55. The lowest BCUT2D eigenvalue weighted by Gasteiger charge is -2.30. The molecule has 5 nitrogen and oxygen atoms in total. The number of ether oxygens (including phenoxy) is 2. The minimum atomic E-state index is 0. The lowest BCUT2D eigenvalue weighted by atomic mass is 9.97. The van der Waals surface area contributed by atoms with Crippen molar-refractivity contribution in [3.8, 4) is 11.5 Å². The van der Waals surface area contributed by atoms with Gasteiger partial charge in [0.15, 0.2) is 11.5 Å². The second kappa shape index (κ2) is 11.0. The number of hydrogen-bond acceptors (Lipinski definition) is 4. The minimum absolute atomic E-state index is 0. The van der Waals surface area contributed by atoms with Gasteiger partial charge < -0.3 is 20.1 Å². The minimum Gasteiger partial charge on any atom is -0.493 e. The van der Waals surface area contributed by atoms with Crippen LogP contribution in [0.4, 0.5) is 5.69 Å². The molecule has 0 bridgehead atoms. The van der Waals surface area contributed by atoms with E-state index in [0.29, 0.717) is 30.2 Å². The smallest absolute Gasteiger partial charge is 0.258 e. The molecule has 1 aliphatic rings. The van der Waals surface area contributed by atoms with Crippen LogP contribution in [0.2, 0.25) is 0 Å². The standard InChI is InChI=1S/C23H30N2O3.ClH/c1-3-4-5-16-28-22-20(27-2)11-8-18-13-15-25(23(26)21(18)22)14-12-17-6-9-19(24)10-7-17;/h6-11H,3-5,12-16,24H2,1-2H3;1H. The van der Waals surface area contributed by atoms with Gasteiger partial charge in [0.2, 0.25) is 0 Å². The zero-order chi connectivity index (χ0) is 19.9. The highest BCUT2D eigenvalue weighted by Crippen LogP contribution is 2.37. The molecule has 0 aromatic heterocycles. The Morgan fingerprint density at radius 1 is 1.10 bits per heavy atom. The quantitative estimate of drug-likeness (QED) is 0.480. The molecule has 0 saturated heterocycles. The number of halogens is 1. The number of unbranched alkanes of at least 4 members (excludes halogenated alkanes) is 2. The van der Waals surface area contributed by atoms with Crippen molar-refractivity contribution in [2.24, 2.45) is 0 Å². The van der Waals surface area contributed by atoms with Gasteiger partial charge in [0.05, 0.1) is 19.3 Å². The molecule has 2 aromatic rings. The van der Waals surface area contributed by atoms with Gasteiger partial charge in [0, 0.05) is 18.8 Å². The summed E-state index contributed by atoms with van der Waals surface area (Å²) in [5.74, 6) is 1.25. The lowest BCUT2D eigenvalue weighted by molar-refractivity contribution is 0.0735. The maximum Gasteiger partial charge on any atom is 0.258 e. The zero-order valence-corrected chi connectivity index (χ0v) is 18.1. The second-order valence-electron chi connectivity index (χ2n) is 7.22. The first-order chi connectivity index (χ1) is 13.6. The normalized spacial score (nSPS) is 12.9. The molecule has 2 aromatic carbocycles. The predicted octanol–water partition coefficient (Wildman–Crippen LogP) is 4.51. The van der Waals surface area contributed by atoms with E-state index in [1.165, 1.54) is 5.56 Å². The summed E-state index contributed by atoms with van der Waals surface area (Å²) in [5.41, 5.74) is 9.39. The average Bonchev–Trinajstić information content (AvgIpc) is 2.71. The Morgan fingerprint density at radius 3 is 2.55 bits per heavy atom. The Balaban J connectivity index is 0.00000300. The van der Waals surface area contributed by atoms with E-state index in [-0.39, 0.29) is 18.3 Å². The molecule has 0 unspecified atom stereocenters. The van der Waals surface area contributed by atoms with E-state index in [4.69, 9.17) is 15.2 Å². The third-order valence-electron chi connectivity index (χ3n) is 5.22. The number of nitrogens with zero attached hydrogens (tertiary/aromatic N) is 1. The number of rotatable bonds is 9. The van der Waals surface area contributed by atoms with Crippen LogP contribution in [0.3, 0.4) is 0 Å². The summed E-state index contributed by atoms with van der Waals surface area (Å²) in [5, 5.41) is 0. The summed E-state index contributed by atoms with van der Waals surface area (Å²) in [6.07, 6.45) is 4.85. The maximum atomic E-state index is 13.2. The molecule has 0 atom stereocenters. The van der Waals surface area contributed by atoms with Crippen LogP contribution < -0.4 is 15.2 Å². The van der Waals surface area contributed by atoms with Gasteiger partial charge in [-0.05, 0) is 48.6 Å². The molecule has 6 heteroatoms. The van der Waals surface area contributed by atoms with E-state index in [0.717, 1.165) is 49.9 Å². The molecule has 29 heavy (non-hydrogen) atoms. The summed E-state index contributed by atoms with van der Waals surface area (Å²) >= 11 is 0. The topological polar surface area (TPSA) is 64.8 Å². The average molecular weight is 419 g/mol. The highest BCUT2D eigenvalue weighted by molar-refractivity contribution is 6.00. The van der Waals surface area contributed by atoms with Crippen LogP contribution >= 0.6 is 12.4 Å². The van der Waals surface area contributed by atoms with Crippen LogP contribution in [-0.2, 0) is 12.8 Å². The molecule has 2 N–H and O–H groups in total. The van der Waals surface area contributed by atoms with Crippen molar-refractivity contribution in [3.05, 3.63) is 53.1 Å². The lowest BCUT2D eigenvalue weighted by Crippen LogP contribution is -2.39. The summed E-state index contributed by atoms with van der Waals surface area (Å²) in [4.78, 5) is 15.2. The summed E-state index contributed by atoms with van der Waals surface area (Å²) in [7, 11) is 1.62. The maximum absolute atomic E-state index is 13.2. The molecule has 0 fully saturated rings. The van der Waals surface area contributed by atoms with Crippen LogP contribution in [-0.4, -0.2) is 37.6 Å². The highest BCUT2D eigenvalue weighted by Gasteiger charge is 2.29. The van der Waals surface area contributed by atoms with E-state index in [1.807, 2.05) is 41.3 Å². The van der Waals surface area contributed by atoms with Crippen LogP contribution in [0.1, 0.15) is 47.7 Å². The first kappa shape index (κ1) is 22.9. The SMILES string of the molecule is CCCCCOc1c(OC)ccc2c1C(=O)N(CCc1ccc(N)cc1)CC2.Cl. The number of methoxy groups -OCH3 is 1. The monoisotopic (exact) mass is 418 g/mol. The number of benzene rings is 2. The van der Waals surface area contributed by atoms with Gasteiger partial charge in [0.1, 0.15) is 0 Å². The van der Waals surface area contributed by atoms with Crippen LogP contribution in [0.25, 0.3) is 0 Å². The summed E-state index contributed by atoms with van der Waals surface area (Å²) in [6, 6.07) is 11.7. The number of carbonyl (C=O) groups is 1. The molecule has 1 amide bonds. The molecule has 0 radical (unpaired) electrons. The molecule has 1 heterocycles. The Kier molecular flexibility index (Phi) is 8.65. The van der Waals surface area contributed by atoms with E-state index in [9.17, 15) is 4.79 Å². The van der Waals surface area contributed by atoms with Crippen molar-refractivity contribution >= 4 is 24.0 Å². The molecule has 0 spiro atoms. The third-order valence-corrected chi connectivity index (χ3v) is 5.22. The Morgan fingerprint density at radius 2 is 1.86 bits per heavy atom. The van der Waals surface area contributed by atoms with Crippen molar-refractivity contribution < 1.29 is 14.3 Å². The van der Waals surface area contributed by atoms with Gasteiger partial charge in [-0.15, -0.1) is 12.4 Å². The molecular weight excluding hydrogens is 388 g/mol. The molecule has 0 aliphatic carbocycles. The Labute approximate surface area is 179 Å². The van der Waals surface area contributed by atoms with E-state index in [1.54, 1.807) is 7.11 Å². The van der Waals surface area contributed by atoms with Crippen molar-refractivity contribution in [1.82, 2.24) is 4.90 Å². The number of anilines is 1. The number of nitrogens with two attached hydrogens (primary N) is 1. The first-order valence-electron chi connectivity index (χ1n) is 10.1. The van der Waals surface area contributed by atoms with E-state index >= 15 is 0 Å². The van der Waals surface area contributed by atoms with Crippen molar-refractivity contribution in [2.45, 2.75) is 39.0 Å². The number of carbonyl (C=O) groups excluding carboxylic acids is 1. The van der Waals surface area contributed by atoms with Crippen molar-refractivity contribution in [3.63, 3.8) is 0 Å². The fraction of sp³-hybridized carbons (Fsp3) is 0.435. The first-order valence-corrected chi connectivity index (χ1v) is 10.1. The third kappa shape index (κ3) is 5.57. The molecule has 158 valence electrons. The van der Waals surface area contributed by atoms with Crippen LogP contribution in [0, 0.1) is 0 Å². The molecule has 1 aliphatic heterocycles. The van der Waals surface area contributed by atoms with Crippen molar-refractivity contribution in [1.29, 1.82) is 0 Å².